The van der Waals surface area contributed by atoms with E-state index in [9.17, 15) is 4.79 Å². The van der Waals surface area contributed by atoms with Gasteiger partial charge < -0.3 is 14.6 Å². The first kappa shape index (κ1) is 20.1. The average molecular weight is 438 g/mol. The Balaban J connectivity index is 1.42. The van der Waals surface area contributed by atoms with Crippen molar-refractivity contribution in [1.29, 1.82) is 0 Å². The summed E-state index contributed by atoms with van der Waals surface area (Å²) in [5, 5.41) is 6.89. The molecular formula is C24H18N6O3. The quantitative estimate of drug-likeness (QED) is 0.422. The fraction of sp³-hybridized carbons (Fsp3) is 0.0417. The van der Waals surface area contributed by atoms with Crippen LogP contribution in [0.3, 0.4) is 0 Å². The Morgan fingerprint density at radius 1 is 1.03 bits per heavy atom. The third-order valence-electron chi connectivity index (χ3n) is 4.86. The predicted molar refractivity (Wildman–Crippen MR) is 121 cm³/mol. The van der Waals surface area contributed by atoms with E-state index in [0.717, 1.165) is 5.56 Å². The average Bonchev–Trinajstić information content (AvgIpc) is 3.55. The van der Waals surface area contributed by atoms with Crippen LogP contribution in [-0.2, 0) is 0 Å². The van der Waals surface area contributed by atoms with Crippen molar-refractivity contribution in [2.24, 2.45) is 0 Å². The molecule has 0 spiro atoms. The maximum atomic E-state index is 12.7. The van der Waals surface area contributed by atoms with Crippen LogP contribution in [-0.4, -0.2) is 37.7 Å². The molecule has 9 nitrogen and oxygen atoms in total. The zero-order valence-corrected chi connectivity index (χ0v) is 17.5. The normalized spacial score (nSPS) is 10.7. The number of nitrogens with zero attached hydrogens (tertiary/aromatic N) is 5. The van der Waals surface area contributed by atoms with Crippen LogP contribution in [0.15, 0.2) is 90.0 Å². The van der Waals surface area contributed by atoms with Crippen molar-refractivity contribution < 1.29 is 14.1 Å². The lowest BCUT2D eigenvalue weighted by atomic mass is 10.2. The van der Waals surface area contributed by atoms with Crippen molar-refractivity contribution in [3.63, 3.8) is 0 Å². The van der Waals surface area contributed by atoms with Crippen molar-refractivity contribution in [3.8, 4) is 34.4 Å². The van der Waals surface area contributed by atoms with E-state index in [-0.39, 0.29) is 11.6 Å². The number of amides is 1. The lowest BCUT2D eigenvalue weighted by Crippen LogP contribution is -2.12. The largest absolute Gasteiger partial charge is 0.497 e. The van der Waals surface area contributed by atoms with E-state index in [1.54, 1.807) is 54.4 Å². The number of carbonyl (C=O) groups excluding carboxylic acids is 1. The van der Waals surface area contributed by atoms with Gasteiger partial charge in [-0.05, 0) is 24.3 Å². The summed E-state index contributed by atoms with van der Waals surface area (Å²) in [5.41, 5.74) is 2.29. The first-order valence-corrected chi connectivity index (χ1v) is 10.1. The second-order valence-electron chi connectivity index (χ2n) is 7.02. The number of imidazole rings is 1. The van der Waals surface area contributed by atoms with E-state index >= 15 is 0 Å². The molecule has 3 heterocycles. The molecule has 0 radical (unpaired) electrons. The van der Waals surface area contributed by atoms with Crippen molar-refractivity contribution in [2.45, 2.75) is 0 Å². The molecule has 5 aromatic rings. The van der Waals surface area contributed by atoms with E-state index in [2.05, 4.69) is 25.4 Å². The summed E-state index contributed by atoms with van der Waals surface area (Å²) in [6.45, 7) is 0. The summed E-state index contributed by atoms with van der Waals surface area (Å²) < 4.78 is 12.3. The van der Waals surface area contributed by atoms with E-state index in [1.807, 2.05) is 36.4 Å². The number of hydrogen-bond acceptors (Lipinski definition) is 7. The summed E-state index contributed by atoms with van der Waals surface area (Å²) >= 11 is 0. The lowest BCUT2D eigenvalue weighted by molar-refractivity contribution is 0.102. The number of benzene rings is 2. The highest BCUT2D eigenvalue weighted by Gasteiger charge is 2.18. The van der Waals surface area contributed by atoms with Gasteiger partial charge in [0, 0.05) is 29.7 Å². The van der Waals surface area contributed by atoms with Crippen LogP contribution in [0.5, 0.6) is 5.75 Å². The summed E-state index contributed by atoms with van der Waals surface area (Å²) in [4.78, 5) is 25.9. The molecular weight excluding hydrogens is 420 g/mol. The molecule has 0 unspecified atom stereocenters. The standard InChI is InChI=1S/C24H18N6O3/c1-32-18-10-5-9-17(13-18)27-23(31)20-14-30(15-26-20)22-19(11-6-12-25-22)24-28-21(29-33-24)16-7-3-2-4-8-16/h2-15H,1H3,(H,27,31). The summed E-state index contributed by atoms with van der Waals surface area (Å²) in [7, 11) is 1.57. The molecule has 0 atom stereocenters. The van der Waals surface area contributed by atoms with Crippen molar-refractivity contribution in [1.82, 2.24) is 24.7 Å². The topological polar surface area (TPSA) is 108 Å². The molecule has 0 saturated heterocycles. The Morgan fingerprint density at radius 3 is 2.76 bits per heavy atom. The van der Waals surface area contributed by atoms with Gasteiger partial charge in [0.25, 0.3) is 11.8 Å². The molecule has 5 rings (SSSR count). The van der Waals surface area contributed by atoms with Crippen LogP contribution in [0.4, 0.5) is 5.69 Å². The van der Waals surface area contributed by atoms with Crippen LogP contribution in [0, 0.1) is 0 Å². The fourth-order valence-corrected chi connectivity index (χ4v) is 3.26. The van der Waals surface area contributed by atoms with E-state index in [0.29, 0.717) is 34.5 Å². The highest BCUT2D eigenvalue weighted by atomic mass is 16.5. The molecule has 0 fully saturated rings. The van der Waals surface area contributed by atoms with Gasteiger partial charge in [-0.1, -0.05) is 41.6 Å². The first-order valence-electron chi connectivity index (χ1n) is 10.1. The van der Waals surface area contributed by atoms with Gasteiger partial charge in [0.15, 0.2) is 5.82 Å². The van der Waals surface area contributed by atoms with Gasteiger partial charge in [0.2, 0.25) is 5.82 Å². The minimum atomic E-state index is -0.358. The minimum Gasteiger partial charge on any atom is -0.497 e. The molecule has 1 amide bonds. The van der Waals surface area contributed by atoms with Crippen LogP contribution < -0.4 is 10.1 Å². The fourth-order valence-electron chi connectivity index (χ4n) is 3.26. The van der Waals surface area contributed by atoms with Gasteiger partial charge >= 0.3 is 0 Å². The van der Waals surface area contributed by atoms with Crippen LogP contribution in [0.25, 0.3) is 28.7 Å². The zero-order chi connectivity index (χ0) is 22.6. The number of ether oxygens (including phenoxy) is 1. The van der Waals surface area contributed by atoms with Gasteiger partial charge in [0.1, 0.15) is 17.8 Å². The molecule has 0 aliphatic heterocycles. The van der Waals surface area contributed by atoms with Crippen molar-refractivity contribution >= 4 is 11.6 Å². The third-order valence-corrected chi connectivity index (χ3v) is 4.86. The Hall–Kier alpha value is -4.79. The van der Waals surface area contributed by atoms with Crippen LogP contribution in [0.1, 0.15) is 10.5 Å². The summed E-state index contributed by atoms with van der Waals surface area (Å²) in [5.74, 6) is 1.58. The number of pyridine rings is 1. The van der Waals surface area contributed by atoms with Gasteiger partial charge in [-0.15, -0.1) is 0 Å². The van der Waals surface area contributed by atoms with Crippen LogP contribution >= 0.6 is 0 Å². The second-order valence-corrected chi connectivity index (χ2v) is 7.02. The maximum absolute atomic E-state index is 12.7. The van der Waals surface area contributed by atoms with Crippen molar-refractivity contribution in [2.75, 3.05) is 12.4 Å². The predicted octanol–water partition coefficient (Wildman–Crippen LogP) is 4.25. The number of anilines is 1. The highest BCUT2D eigenvalue weighted by Crippen LogP contribution is 2.26. The third kappa shape index (κ3) is 4.19. The number of rotatable bonds is 6. The number of carbonyl (C=O) groups is 1. The van der Waals surface area contributed by atoms with Crippen LogP contribution in [0.2, 0.25) is 0 Å². The Bertz CT molecular complexity index is 1410. The second kappa shape index (κ2) is 8.75. The smallest absolute Gasteiger partial charge is 0.275 e. The monoisotopic (exact) mass is 438 g/mol. The Morgan fingerprint density at radius 2 is 1.91 bits per heavy atom. The SMILES string of the molecule is COc1cccc(NC(=O)c2cn(-c3ncccc3-c3nc(-c4ccccc4)no3)cn2)c1. The minimum absolute atomic E-state index is 0.227. The number of nitrogens with one attached hydrogen (secondary N) is 1. The van der Waals surface area contributed by atoms with E-state index in [1.165, 1.54) is 6.33 Å². The van der Waals surface area contributed by atoms with E-state index < -0.39 is 0 Å². The highest BCUT2D eigenvalue weighted by molar-refractivity contribution is 6.02. The molecule has 9 heteroatoms. The first-order chi connectivity index (χ1) is 16.2. The molecule has 162 valence electrons. The van der Waals surface area contributed by atoms with Gasteiger partial charge in [-0.25, -0.2) is 9.97 Å². The number of hydrogen-bond donors (Lipinski definition) is 1. The number of aromatic nitrogens is 5. The van der Waals surface area contributed by atoms with Crippen molar-refractivity contribution in [3.05, 3.63) is 91.1 Å². The molecule has 0 bridgehead atoms. The molecule has 33 heavy (non-hydrogen) atoms. The number of methoxy groups -OCH3 is 1. The van der Waals surface area contributed by atoms with Gasteiger partial charge in [-0.3, -0.25) is 9.36 Å². The summed E-state index contributed by atoms with van der Waals surface area (Å²) in [6, 6.07) is 20.2. The Kier molecular flexibility index (Phi) is 5.34. The van der Waals surface area contributed by atoms with Gasteiger partial charge in [0.05, 0.1) is 12.7 Å². The molecule has 3 aromatic heterocycles. The summed E-state index contributed by atoms with van der Waals surface area (Å²) in [6.07, 6.45) is 4.75. The lowest BCUT2D eigenvalue weighted by Gasteiger charge is -2.06. The maximum Gasteiger partial charge on any atom is 0.275 e. The van der Waals surface area contributed by atoms with E-state index in [4.69, 9.17) is 9.26 Å². The molecule has 0 aliphatic rings. The molecule has 2 aromatic carbocycles. The Labute approximate surface area is 188 Å². The molecule has 0 aliphatic carbocycles. The zero-order valence-electron chi connectivity index (χ0n) is 17.5. The molecule has 0 saturated carbocycles. The van der Waals surface area contributed by atoms with Gasteiger partial charge in [-0.2, -0.15) is 4.98 Å². The molecule has 1 N–H and O–H groups in total.